The van der Waals surface area contributed by atoms with E-state index in [0.29, 0.717) is 23.1 Å². The predicted octanol–water partition coefficient (Wildman–Crippen LogP) is 2.37. The van der Waals surface area contributed by atoms with E-state index in [2.05, 4.69) is 38.0 Å². The molecule has 4 heteroatoms. The summed E-state index contributed by atoms with van der Waals surface area (Å²) in [5.41, 5.74) is 0. The molecule has 0 radical (unpaired) electrons. The summed E-state index contributed by atoms with van der Waals surface area (Å²) in [5, 5.41) is 5.22. The Hall–Kier alpha value is -0.220. The van der Waals surface area contributed by atoms with Crippen molar-refractivity contribution in [2.24, 2.45) is 16.8 Å². The molecule has 0 aromatic rings. The number of ether oxygens (including phenoxy) is 1. The van der Waals surface area contributed by atoms with Gasteiger partial charge in [0.2, 0.25) is 0 Å². The van der Waals surface area contributed by atoms with Crippen molar-refractivity contribution in [1.82, 2.24) is 5.32 Å². The zero-order valence-corrected chi connectivity index (χ0v) is 11.8. The maximum absolute atomic E-state index is 5.22. The van der Waals surface area contributed by atoms with Gasteiger partial charge in [-0.3, -0.25) is 4.99 Å². The van der Waals surface area contributed by atoms with Gasteiger partial charge < -0.3 is 10.1 Å². The van der Waals surface area contributed by atoms with Crippen LogP contribution in [0.25, 0.3) is 0 Å². The van der Waals surface area contributed by atoms with Gasteiger partial charge in [0.15, 0.2) is 5.17 Å². The Balaban J connectivity index is 2.42. The molecule has 1 heterocycles. The van der Waals surface area contributed by atoms with Gasteiger partial charge in [0.25, 0.3) is 0 Å². The Bertz CT molecular complexity index is 241. The number of aliphatic imine (C=N–C) groups is 1. The molecule has 0 saturated heterocycles. The fourth-order valence-electron chi connectivity index (χ4n) is 1.56. The number of hydrogen-bond donors (Lipinski definition) is 1. The average molecular weight is 244 g/mol. The Morgan fingerprint density at radius 1 is 1.44 bits per heavy atom. The molecule has 1 rings (SSSR count). The molecule has 0 aromatic heterocycles. The molecule has 0 bridgehead atoms. The van der Waals surface area contributed by atoms with Crippen LogP contribution >= 0.6 is 11.8 Å². The molecular weight excluding hydrogens is 220 g/mol. The van der Waals surface area contributed by atoms with Crippen LogP contribution in [0.1, 0.15) is 27.7 Å². The molecule has 2 unspecified atom stereocenters. The molecule has 0 aromatic carbocycles. The molecular formula is C12H24N2OS. The van der Waals surface area contributed by atoms with Crippen molar-refractivity contribution in [1.29, 1.82) is 0 Å². The number of rotatable bonds is 5. The van der Waals surface area contributed by atoms with Crippen molar-refractivity contribution in [3.05, 3.63) is 0 Å². The first-order chi connectivity index (χ1) is 7.54. The predicted molar refractivity (Wildman–Crippen MR) is 72.2 cm³/mol. The second-order valence-electron chi connectivity index (χ2n) is 5.00. The highest BCUT2D eigenvalue weighted by Gasteiger charge is 2.24. The molecule has 3 nitrogen and oxygen atoms in total. The van der Waals surface area contributed by atoms with E-state index in [4.69, 9.17) is 4.74 Å². The van der Waals surface area contributed by atoms with Gasteiger partial charge in [0.05, 0.1) is 19.2 Å². The monoisotopic (exact) mass is 244 g/mol. The van der Waals surface area contributed by atoms with Crippen molar-refractivity contribution in [2.45, 2.75) is 39.0 Å². The second kappa shape index (κ2) is 6.50. The molecule has 16 heavy (non-hydrogen) atoms. The van der Waals surface area contributed by atoms with Crippen molar-refractivity contribution in [3.8, 4) is 0 Å². The Morgan fingerprint density at radius 2 is 2.12 bits per heavy atom. The summed E-state index contributed by atoms with van der Waals surface area (Å²) in [5.74, 6) is 1.24. The molecule has 1 N–H and O–H groups in total. The van der Waals surface area contributed by atoms with Crippen LogP contribution in [0.5, 0.6) is 0 Å². The maximum atomic E-state index is 5.22. The molecule has 94 valence electrons. The minimum absolute atomic E-state index is 0.363. The van der Waals surface area contributed by atoms with Crippen LogP contribution in [0, 0.1) is 11.8 Å². The van der Waals surface area contributed by atoms with Crippen LogP contribution < -0.4 is 5.32 Å². The number of amidine groups is 1. The topological polar surface area (TPSA) is 33.6 Å². The number of thioether (sulfide) groups is 1. The first kappa shape index (κ1) is 13.8. The van der Waals surface area contributed by atoms with Crippen molar-refractivity contribution in [2.75, 3.05) is 20.3 Å². The van der Waals surface area contributed by atoms with E-state index >= 15 is 0 Å². The van der Waals surface area contributed by atoms with E-state index in [-0.39, 0.29) is 0 Å². The molecule has 0 aliphatic carbocycles. The van der Waals surface area contributed by atoms with Crippen LogP contribution in [0.2, 0.25) is 0 Å². The lowest BCUT2D eigenvalue weighted by molar-refractivity contribution is 0.156. The summed E-state index contributed by atoms with van der Waals surface area (Å²) in [4.78, 5) is 4.56. The van der Waals surface area contributed by atoms with Gasteiger partial charge in [0.1, 0.15) is 0 Å². The normalized spacial score (nSPS) is 22.7. The quantitative estimate of drug-likeness (QED) is 0.806. The van der Waals surface area contributed by atoms with Crippen LogP contribution in [0.4, 0.5) is 0 Å². The van der Waals surface area contributed by atoms with Gasteiger partial charge in [-0.05, 0) is 11.8 Å². The minimum atomic E-state index is 0.363. The summed E-state index contributed by atoms with van der Waals surface area (Å²) in [6, 6.07) is 0.363. The minimum Gasteiger partial charge on any atom is -0.383 e. The molecule has 0 spiro atoms. The van der Waals surface area contributed by atoms with Crippen LogP contribution in [0.3, 0.4) is 0 Å². The molecule has 0 fully saturated rings. The van der Waals surface area contributed by atoms with Crippen molar-refractivity contribution >= 4 is 16.9 Å². The molecule has 2 atom stereocenters. The average Bonchev–Trinajstić information content (AvgIpc) is 2.65. The lowest BCUT2D eigenvalue weighted by Gasteiger charge is -2.22. The van der Waals surface area contributed by atoms with Gasteiger partial charge in [-0.25, -0.2) is 0 Å². The number of nitrogens with zero attached hydrogens (tertiary/aromatic N) is 1. The largest absolute Gasteiger partial charge is 0.383 e. The standard InChI is InChI=1S/C12H24N2OS/c1-8(2)10(7-15-5)14-12-13-6-11(16-12)9(3)4/h8-11H,6-7H2,1-5H3,(H,13,14). The zero-order valence-electron chi connectivity index (χ0n) is 11.0. The Labute approximate surface area is 103 Å². The summed E-state index contributed by atoms with van der Waals surface area (Å²) < 4.78 is 5.22. The fraction of sp³-hybridized carbons (Fsp3) is 0.917. The first-order valence-corrected chi connectivity index (χ1v) is 6.89. The van der Waals surface area contributed by atoms with Crippen LogP contribution in [-0.4, -0.2) is 36.7 Å². The number of nitrogens with one attached hydrogen (secondary N) is 1. The lowest BCUT2D eigenvalue weighted by Crippen LogP contribution is -2.40. The van der Waals surface area contributed by atoms with Gasteiger partial charge >= 0.3 is 0 Å². The van der Waals surface area contributed by atoms with Gasteiger partial charge in [-0.1, -0.05) is 39.5 Å². The zero-order chi connectivity index (χ0) is 12.1. The van der Waals surface area contributed by atoms with E-state index in [0.717, 1.165) is 18.3 Å². The summed E-state index contributed by atoms with van der Waals surface area (Å²) >= 11 is 1.87. The van der Waals surface area contributed by atoms with E-state index in [9.17, 15) is 0 Å². The van der Waals surface area contributed by atoms with Gasteiger partial charge in [-0.15, -0.1) is 0 Å². The van der Waals surface area contributed by atoms with Crippen molar-refractivity contribution in [3.63, 3.8) is 0 Å². The highest BCUT2D eigenvalue weighted by Crippen LogP contribution is 2.26. The SMILES string of the molecule is COCC(NC1=NCC(C(C)C)S1)C(C)C. The van der Waals surface area contributed by atoms with E-state index in [1.54, 1.807) is 7.11 Å². The van der Waals surface area contributed by atoms with Crippen LogP contribution in [0.15, 0.2) is 4.99 Å². The molecule has 1 aliphatic rings. The van der Waals surface area contributed by atoms with Crippen molar-refractivity contribution < 1.29 is 4.74 Å². The van der Waals surface area contributed by atoms with Gasteiger partial charge in [-0.2, -0.15) is 0 Å². The maximum Gasteiger partial charge on any atom is 0.157 e. The smallest absolute Gasteiger partial charge is 0.157 e. The molecule has 0 amide bonds. The van der Waals surface area contributed by atoms with Gasteiger partial charge in [0, 0.05) is 12.4 Å². The highest BCUT2D eigenvalue weighted by molar-refractivity contribution is 8.14. The molecule has 0 saturated carbocycles. The number of hydrogen-bond acceptors (Lipinski definition) is 4. The lowest BCUT2D eigenvalue weighted by atomic mass is 10.1. The molecule has 1 aliphatic heterocycles. The summed E-state index contributed by atoms with van der Waals surface area (Å²) in [6.45, 7) is 10.6. The third kappa shape index (κ3) is 3.98. The third-order valence-corrected chi connectivity index (χ3v) is 4.35. The Kier molecular flexibility index (Phi) is 5.62. The summed E-state index contributed by atoms with van der Waals surface area (Å²) in [7, 11) is 1.75. The van der Waals surface area contributed by atoms with Crippen LogP contribution in [-0.2, 0) is 4.74 Å². The Morgan fingerprint density at radius 3 is 2.56 bits per heavy atom. The third-order valence-electron chi connectivity index (χ3n) is 2.88. The van der Waals surface area contributed by atoms with E-state index in [1.807, 2.05) is 11.8 Å². The highest BCUT2D eigenvalue weighted by atomic mass is 32.2. The van der Waals surface area contributed by atoms with E-state index in [1.165, 1.54) is 0 Å². The summed E-state index contributed by atoms with van der Waals surface area (Å²) in [6.07, 6.45) is 0. The first-order valence-electron chi connectivity index (χ1n) is 6.01. The second-order valence-corrected chi connectivity index (χ2v) is 6.22. The number of methoxy groups -OCH3 is 1. The van der Waals surface area contributed by atoms with E-state index < -0.39 is 0 Å². The fourth-order valence-corrected chi connectivity index (χ4v) is 2.63.